The van der Waals surface area contributed by atoms with E-state index in [-0.39, 0.29) is 16.3 Å². The van der Waals surface area contributed by atoms with Crippen molar-refractivity contribution in [3.63, 3.8) is 0 Å². The molecule has 0 amide bonds. The van der Waals surface area contributed by atoms with Crippen LogP contribution < -0.4 is 5.73 Å². The molecule has 3 aromatic carbocycles. The molecule has 3 aromatic rings. The van der Waals surface area contributed by atoms with Crippen molar-refractivity contribution in [2.24, 2.45) is 0 Å². The molecule has 2 aliphatic rings. The molecule has 2 saturated heterocycles. The Balaban J connectivity index is 0.000000164. The molecule has 9 nitrogen and oxygen atoms in total. The molecule has 0 spiro atoms. The number of hydrogen-bond acceptors (Lipinski definition) is 7. The van der Waals surface area contributed by atoms with Crippen LogP contribution in [0.2, 0.25) is 0 Å². The number of non-ortho nitro benzene ring substituents is 2. The number of likely N-dealkylation sites (tertiary alicyclic amines) is 2. The Morgan fingerprint density at radius 3 is 1.51 bits per heavy atom. The van der Waals surface area contributed by atoms with E-state index in [1.165, 1.54) is 56.5 Å². The van der Waals surface area contributed by atoms with E-state index in [1.54, 1.807) is 24.3 Å². The zero-order valence-electron chi connectivity index (χ0n) is 22.1. The maximum atomic E-state index is 10.6. The summed E-state index contributed by atoms with van der Waals surface area (Å²) in [6.07, 6.45) is 5.19. The third kappa shape index (κ3) is 10.7. The monoisotopic (exact) mass is 597 g/mol. The van der Waals surface area contributed by atoms with Gasteiger partial charge in [-0.3, -0.25) is 30.0 Å². The SMILES string of the molecule is Nc1cccc(CN2CCCC2)c1.O=[N+]([O-])c1cccc(CBr)c1.O=[N+]([O-])c1cccc(CN2CCCC2)c1. The van der Waals surface area contributed by atoms with E-state index in [1.807, 2.05) is 24.3 Å². The lowest BCUT2D eigenvalue weighted by Gasteiger charge is -2.14. The molecular weight excluding hydrogens is 562 g/mol. The molecule has 5 rings (SSSR count). The molecule has 10 heteroatoms. The lowest BCUT2D eigenvalue weighted by molar-refractivity contribution is -0.385. The third-order valence-corrected chi connectivity index (χ3v) is 7.21. The topological polar surface area (TPSA) is 119 Å². The van der Waals surface area contributed by atoms with Gasteiger partial charge >= 0.3 is 0 Å². The molecule has 0 radical (unpaired) electrons. The Morgan fingerprint density at radius 1 is 0.667 bits per heavy atom. The van der Waals surface area contributed by atoms with Gasteiger partial charge in [-0.2, -0.15) is 0 Å². The Labute approximate surface area is 238 Å². The summed E-state index contributed by atoms with van der Waals surface area (Å²) >= 11 is 3.22. The molecule has 0 atom stereocenters. The first-order valence-corrected chi connectivity index (χ1v) is 14.3. The third-order valence-electron chi connectivity index (χ3n) is 6.56. The molecule has 0 saturated carbocycles. The minimum atomic E-state index is -0.397. The van der Waals surface area contributed by atoms with Crippen LogP contribution in [0.5, 0.6) is 0 Å². The van der Waals surface area contributed by atoms with Gasteiger partial charge in [-0.05, 0) is 80.7 Å². The van der Waals surface area contributed by atoms with E-state index in [0.29, 0.717) is 5.33 Å². The number of nitrogen functional groups attached to an aromatic ring is 1. The molecule has 2 heterocycles. The smallest absolute Gasteiger partial charge is 0.269 e. The summed E-state index contributed by atoms with van der Waals surface area (Å²) in [5, 5.41) is 21.5. The molecule has 39 heavy (non-hydrogen) atoms. The van der Waals surface area contributed by atoms with Crippen LogP contribution in [-0.4, -0.2) is 45.8 Å². The largest absolute Gasteiger partial charge is 0.399 e. The van der Waals surface area contributed by atoms with Crippen molar-refractivity contribution >= 4 is 33.0 Å². The minimum Gasteiger partial charge on any atom is -0.399 e. The molecule has 208 valence electrons. The Morgan fingerprint density at radius 2 is 1.08 bits per heavy atom. The number of benzene rings is 3. The molecule has 0 unspecified atom stereocenters. The van der Waals surface area contributed by atoms with E-state index in [0.717, 1.165) is 43.0 Å². The van der Waals surface area contributed by atoms with Crippen LogP contribution in [0.15, 0.2) is 72.8 Å². The van der Waals surface area contributed by atoms with Gasteiger partial charge in [-0.25, -0.2) is 0 Å². The number of nitrogens with zero attached hydrogens (tertiary/aromatic N) is 4. The van der Waals surface area contributed by atoms with E-state index < -0.39 is 4.92 Å². The predicted octanol–water partition coefficient (Wildman–Crippen LogP) is 6.54. The number of anilines is 1. The highest BCUT2D eigenvalue weighted by atomic mass is 79.9. The number of rotatable bonds is 7. The lowest BCUT2D eigenvalue weighted by Crippen LogP contribution is -2.18. The van der Waals surface area contributed by atoms with Gasteiger partial charge in [0.2, 0.25) is 0 Å². The fourth-order valence-electron chi connectivity index (χ4n) is 4.61. The zero-order chi connectivity index (χ0) is 28.0. The number of hydrogen-bond donors (Lipinski definition) is 1. The highest BCUT2D eigenvalue weighted by Crippen LogP contribution is 2.18. The summed E-state index contributed by atoms with van der Waals surface area (Å²) in [6.45, 7) is 6.61. The summed E-state index contributed by atoms with van der Waals surface area (Å²) in [5.41, 5.74) is 10.2. The first-order chi connectivity index (χ1) is 18.8. The van der Waals surface area contributed by atoms with Gasteiger partial charge in [0.25, 0.3) is 11.4 Å². The van der Waals surface area contributed by atoms with Gasteiger partial charge < -0.3 is 5.73 Å². The van der Waals surface area contributed by atoms with E-state index in [4.69, 9.17) is 5.73 Å². The summed E-state index contributed by atoms with van der Waals surface area (Å²) in [6, 6.07) is 21.6. The molecule has 2 fully saturated rings. The second-order valence-corrected chi connectivity index (χ2v) is 10.3. The van der Waals surface area contributed by atoms with E-state index >= 15 is 0 Å². The van der Waals surface area contributed by atoms with E-state index in [2.05, 4.69) is 37.9 Å². The van der Waals surface area contributed by atoms with Gasteiger partial charge in [0.05, 0.1) is 9.85 Å². The maximum Gasteiger partial charge on any atom is 0.269 e. The minimum absolute atomic E-state index is 0.141. The first kappa shape index (κ1) is 30.2. The number of alkyl halides is 1. The van der Waals surface area contributed by atoms with Crippen molar-refractivity contribution in [2.45, 2.75) is 44.1 Å². The highest BCUT2D eigenvalue weighted by molar-refractivity contribution is 9.08. The van der Waals surface area contributed by atoms with Crippen molar-refractivity contribution in [3.05, 3.63) is 110 Å². The summed E-state index contributed by atoms with van der Waals surface area (Å²) in [5.74, 6) is 0. The van der Waals surface area contributed by atoms with Crippen LogP contribution in [0, 0.1) is 20.2 Å². The quantitative estimate of drug-likeness (QED) is 0.142. The summed E-state index contributed by atoms with van der Waals surface area (Å²) < 4.78 is 0. The molecule has 2 N–H and O–H groups in total. The average Bonchev–Trinajstić information content (AvgIpc) is 3.64. The molecular formula is C29H36BrN5O4. The number of nitro groups is 2. The van der Waals surface area contributed by atoms with Gasteiger partial charge in [0.1, 0.15) is 0 Å². The van der Waals surface area contributed by atoms with Crippen LogP contribution >= 0.6 is 15.9 Å². The first-order valence-electron chi connectivity index (χ1n) is 13.2. The normalized spacial score (nSPS) is 15.1. The van der Waals surface area contributed by atoms with Gasteiger partial charge in [0.15, 0.2) is 0 Å². The van der Waals surface area contributed by atoms with Crippen molar-refractivity contribution in [1.82, 2.24) is 9.80 Å². The number of nitrogens with two attached hydrogens (primary N) is 1. The molecule has 0 aliphatic carbocycles. The summed E-state index contributed by atoms with van der Waals surface area (Å²) in [4.78, 5) is 24.9. The lowest BCUT2D eigenvalue weighted by atomic mass is 10.2. The molecule has 2 aliphatic heterocycles. The standard InChI is InChI=1S/C11H14N2O2.C11H16N2.C7H6BrNO2/c14-13(15)11-5-3-4-10(8-11)9-12-6-1-2-7-12;12-11-5-3-4-10(8-11)9-13-6-1-2-7-13;8-5-6-2-1-3-7(4-6)9(10)11/h3-5,8H,1-2,6-7,9H2;3-5,8H,1-2,6-7,9,12H2;1-4H,5H2. The number of nitro benzene ring substituents is 2. The fourth-order valence-corrected chi connectivity index (χ4v) is 4.96. The van der Waals surface area contributed by atoms with Crippen molar-refractivity contribution in [2.75, 3.05) is 31.9 Å². The number of halogens is 1. The maximum absolute atomic E-state index is 10.6. The van der Waals surface area contributed by atoms with Crippen LogP contribution in [0.25, 0.3) is 0 Å². The van der Waals surface area contributed by atoms with Crippen molar-refractivity contribution in [3.8, 4) is 0 Å². The zero-order valence-corrected chi connectivity index (χ0v) is 23.7. The van der Waals surface area contributed by atoms with Crippen molar-refractivity contribution in [1.29, 1.82) is 0 Å². The molecule has 0 bridgehead atoms. The average molecular weight is 599 g/mol. The van der Waals surface area contributed by atoms with Crippen LogP contribution in [0.1, 0.15) is 42.4 Å². The Hall–Kier alpha value is -3.34. The van der Waals surface area contributed by atoms with Crippen LogP contribution in [0.4, 0.5) is 17.1 Å². The predicted molar refractivity (Wildman–Crippen MR) is 159 cm³/mol. The van der Waals surface area contributed by atoms with E-state index in [9.17, 15) is 20.2 Å². The summed E-state index contributed by atoms with van der Waals surface area (Å²) in [7, 11) is 0. The van der Waals surface area contributed by atoms with Crippen LogP contribution in [-0.2, 0) is 18.4 Å². The second kappa shape index (κ2) is 15.9. The van der Waals surface area contributed by atoms with Crippen molar-refractivity contribution < 1.29 is 9.85 Å². The Kier molecular flexibility index (Phi) is 12.3. The second-order valence-electron chi connectivity index (χ2n) is 9.70. The van der Waals surface area contributed by atoms with Crippen LogP contribution in [0.3, 0.4) is 0 Å². The van der Waals surface area contributed by atoms with Gasteiger partial charge in [-0.1, -0.05) is 52.3 Å². The van der Waals surface area contributed by atoms with Gasteiger partial charge in [-0.15, -0.1) is 0 Å². The highest BCUT2D eigenvalue weighted by Gasteiger charge is 2.13. The Bertz CT molecular complexity index is 1210. The molecule has 0 aromatic heterocycles. The van der Waals surface area contributed by atoms with Gasteiger partial charge in [0, 0.05) is 48.4 Å². The fraction of sp³-hybridized carbons (Fsp3) is 0.379.